The molecule has 2 aromatic rings. The summed E-state index contributed by atoms with van der Waals surface area (Å²) in [7, 11) is 0. The second-order valence-corrected chi connectivity index (χ2v) is 13.5. The number of halogens is 1. The molecule has 3 saturated heterocycles. The first-order chi connectivity index (χ1) is 19.7. The van der Waals surface area contributed by atoms with E-state index in [2.05, 4.69) is 20.1 Å². The van der Waals surface area contributed by atoms with Crippen LogP contribution in [-0.4, -0.2) is 74.4 Å². The fourth-order valence-corrected chi connectivity index (χ4v) is 9.65. The van der Waals surface area contributed by atoms with Crippen molar-refractivity contribution < 1.29 is 19.5 Å². The van der Waals surface area contributed by atoms with Gasteiger partial charge in [-0.15, -0.1) is 24.9 Å². The Kier molecular flexibility index (Phi) is 8.37. The zero-order valence-corrected chi connectivity index (χ0v) is 24.8. The van der Waals surface area contributed by atoms with Crippen LogP contribution in [0.4, 0.5) is 5.69 Å². The second kappa shape index (κ2) is 11.7. The van der Waals surface area contributed by atoms with Crippen molar-refractivity contribution >= 4 is 46.8 Å². The lowest BCUT2D eigenvalue weighted by molar-refractivity contribution is -0.145. The SMILES string of the molecule is C=CCN(Cc1ccccc1)C(=O)[C@@H]1[C@H]2C(=O)N(CCO)C(C(=O)N(CC=C)c3ccccc3Cl)C23CC[C@@]1(C)S3. The number of carbonyl (C=O) groups is 3. The average molecular weight is 594 g/mol. The predicted molar refractivity (Wildman–Crippen MR) is 164 cm³/mol. The predicted octanol–water partition coefficient (Wildman–Crippen LogP) is 4.55. The molecule has 1 spiro atoms. The Morgan fingerprint density at radius 3 is 2.41 bits per heavy atom. The van der Waals surface area contributed by atoms with Gasteiger partial charge in [-0.2, -0.15) is 0 Å². The number of hydrogen-bond donors (Lipinski definition) is 1. The van der Waals surface area contributed by atoms with Gasteiger partial charge in [0, 0.05) is 30.9 Å². The highest BCUT2D eigenvalue weighted by Gasteiger charge is 2.77. The summed E-state index contributed by atoms with van der Waals surface area (Å²) in [6, 6.07) is 16.0. The van der Waals surface area contributed by atoms with Gasteiger partial charge in [-0.1, -0.05) is 66.2 Å². The molecule has 2 unspecified atom stereocenters. The highest BCUT2D eigenvalue weighted by atomic mass is 35.5. The first-order valence-electron chi connectivity index (χ1n) is 13.9. The van der Waals surface area contributed by atoms with Crippen LogP contribution in [0.3, 0.4) is 0 Å². The van der Waals surface area contributed by atoms with E-state index in [0.717, 1.165) is 5.56 Å². The number of likely N-dealkylation sites (tertiary alicyclic amines) is 1. The Labute approximate surface area is 250 Å². The Morgan fingerprint density at radius 2 is 1.76 bits per heavy atom. The largest absolute Gasteiger partial charge is 0.395 e. The van der Waals surface area contributed by atoms with Crippen LogP contribution in [-0.2, 0) is 20.9 Å². The number of aliphatic hydroxyl groups excluding tert-OH is 1. The van der Waals surface area contributed by atoms with Crippen molar-refractivity contribution in [1.82, 2.24) is 9.80 Å². The second-order valence-electron chi connectivity index (χ2n) is 11.2. The van der Waals surface area contributed by atoms with Crippen molar-refractivity contribution in [2.45, 2.75) is 41.8 Å². The number of carbonyl (C=O) groups excluding carboxylic acids is 3. The van der Waals surface area contributed by atoms with E-state index in [-0.39, 0.29) is 37.4 Å². The van der Waals surface area contributed by atoms with Gasteiger partial charge >= 0.3 is 0 Å². The Bertz CT molecular complexity index is 1360. The number of hydrogen-bond acceptors (Lipinski definition) is 5. The number of fused-ring (bicyclic) bond motifs is 1. The van der Waals surface area contributed by atoms with Gasteiger partial charge in [-0.3, -0.25) is 14.4 Å². The lowest BCUT2D eigenvalue weighted by Gasteiger charge is -2.38. The molecular weight excluding hydrogens is 558 g/mol. The molecule has 3 fully saturated rings. The van der Waals surface area contributed by atoms with Crippen molar-refractivity contribution in [2.75, 3.05) is 31.1 Å². The minimum Gasteiger partial charge on any atom is -0.395 e. The number of β-amino-alcohol motifs (C(OH)–C–C–N with tert-alkyl or cyclic N) is 1. The van der Waals surface area contributed by atoms with E-state index in [0.29, 0.717) is 36.6 Å². The van der Waals surface area contributed by atoms with E-state index in [9.17, 15) is 19.5 Å². The number of amides is 3. The summed E-state index contributed by atoms with van der Waals surface area (Å²) in [6.07, 6.45) is 4.66. The molecule has 5 atom stereocenters. The molecule has 5 rings (SSSR count). The molecule has 7 nitrogen and oxygen atoms in total. The molecule has 3 aliphatic heterocycles. The van der Waals surface area contributed by atoms with Crippen molar-refractivity contribution in [3.05, 3.63) is 90.5 Å². The molecule has 9 heteroatoms. The number of para-hydroxylation sites is 1. The van der Waals surface area contributed by atoms with Crippen LogP contribution >= 0.6 is 23.4 Å². The molecule has 0 radical (unpaired) electrons. The summed E-state index contributed by atoms with van der Waals surface area (Å²) in [6.45, 7) is 10.4. The maximum Gasteiger partial charge on any atom is 0.251 e. The molecule has 3 heterocycles. The standard InChI is InChI=1S/C32H36ClN3O4S/c1-4-17-34(21-22-11-7-6-8-12-22)28(38)25-26-29(39)36(19-20-37)27(32(26)16-15-31(25,3)41-32)30(40)35(18-5-2)24-14-10-9-13-23(24)33/h4-14,25-27,37H,1-2,15-21H2,3H3/t25-,26-,27?,31+,32?/m0/s1. The molecule has 1 N–H and O–H groups in total. The quantitative estimate of drug-likeness (QED) is 0.387. The van der Waals surface area contributed by atoms with Crippen molar-refractivity contribution in [1.29, 1.82) is 0 Å². The fourth-order valence-electron chi connectivity index (χ4n) is 7.07. The van der Waals surface area contributed by atoms with Gasteiger partial charge in [-0.05, 0) is 37.5 Å². The first-order valence-corrected chi connectivity index (χ1v) is 15.1. The van der Waals surface area contributed by atoms with E-state index in [1.165, 1.54) is 4.90 Å². The number of nitrogens with zero attached hydrogens (tertiary/aromatic N) is 3. The van der Waals surface area contributed by atoms with Crippen LogP contribution in [0.1, 0.15) is 25.3 Å². The number of aliphatic hydroxyl groups is 1. The summed E-state index contributed by atoms with van der Waals surface area (Å²) in [5.41, 5.74) is 1.53. The van der Waals surface area contributed by atoms with Gasteiger partial charge in [0.05, 0.1) is 33.9 Å². The van der Waals surface area contributed by atoms with Gasteiger partial charge in [0.25, 0.3) is 5.91 Å². The molecular formula is C32H36ClN3O4S. The molecule has 0 aliphatic carbocycles. The summed E-state index contributed by atoms with van der Waals surface area (Å²) >= 11 is 8.14. The summed E-state index contributed by atoms with van der Waals surface area (Å²) < 4.78 is -1.31. The van der Waals surface area contributed by atoms with Crippen LogP contribution in [0.5, 0.6) is 0 Å². The molecule has 41 heavy (non-hydrogen) atoms. The zero-order chi connectivity index (χ0) is 29.4. The Balaban J connectivity index is 1.55. The molecule has 2 aromatic carbocycles. The third kappa shape index (κ3) is 4.90. The first kappa shape index (κ1) is 29.4. The summed E-state index contributed by atoms with van der Waals surface area (Å²) in [4.78, 5) is 48.0. The Hall–Kier alpha value is -3.07. The van der Waals surface area contributed by atoms with Crippen molar-refractivity contribution in [2.24, 2.45) is 11.8 Å². The molecule has 0 aromatic heterocycles. The van der Waals surface area contributed by atoms with Crippen molar-refractivity contribution in [3.63, 3.8) is 0 Å². The lowest BCUT2D eigenvalue weighted by Crippen LogP contribution is -2.55. The molecule has 3 aliphatic rings. The highest BCUT2D eigenvalue weighted by molar-refractivity contribution is 8.02. The van der Waals surface area contributed by atoms with E-state index in [4.69, 9.17) is 11.6 Å². The minimum atomic E-state index is -0.852. The third-order valence-corrected chi connectivity index (χ3v) is 11.0. The van der Waals surface area contributed by atoms with E-state index < -0.39 is 27.4 Å². The van der Waals surface area contributed by atoms with Gasteiger partial charge in [0.1, 0.15) is 6.04 Å². The lowest BCUT2D eigenvalue weighted by atomic mass is 9.66. The number of rotatable bonds is 11. The smallest absolute Gasteiger partial charge is 0.251 e. The van der Waals surface area contributed by atoms with Crippen LogP contribution in [0, 0.1) is 11.8 Å². The number of anilines is 1. The maximum atomic E-state index is 14.5. The molecule has 0 saturated carbocycles. The number of thioether (sulfide) groups is 1. The third-order valence-electron chi connectivity index (χ3n) is 8.72. The van der Waals surface area contributed by atoms with Gasteiger partial charge in [-0.25, -0.2) is 0 Å². The van der Waals surface area contributed by atoms with E-state index in [1.54, 1.807) is 51.9 Å². The maximum absolute atomic E-state index is 14.5. The summed E-state index contributed by atoms with van der Waals surface area (Å²) in [5.74, 6) is -1.92. The van der Waals surface area contributed by atoms with Crippen LogP contribution in [0.15, 0.2) is 79.9 Å². The van der Waals surface area contributed by atoms with Crippen molar-refractivity contribution in [3.8, 4) is 0 Å². The molecule has 216 valence electrons. The summed E-state index contributed by atoms with van der Waals surface area (Å²) in [5, 5.41) is 10.4. The zero-order valence-electron chi connectivity index (χ0n) is 23.2. The van der Waals surface area contributed by atoms with E-state index >= 15 is 0 Å². The number of benzene rings is 2. The minimum absolute atomic E-state index is 0.0104. The van der Waals surface area contributed by atoms with E-state index in [1.807, 2.05) is 36.4 Å². The topological polar surface area (TPSA) is 81.2 Å². The average Bonchev–Trinajstić information content (AvgIpc) is 3.53. The Morgan fingerprint density at radius 1 is 1.07 bits per heavy atom. The van der Waals surface area contributed by atoms with Gasteiger partial charge < -0.3 is 19.8 Å². The van der Waals surface area contributed by atoms with Crippen LogP contribution in [0.25, 0.3) is 0 Å². The van der Waals surface area contributed by atoms with Crippen LogP contribution in [0.2, 0.25) is 5.02 Å². The molecule has 2 bridgehead atoms. The fraction of sp³-hybridized carbons (Fsp3) is 0.406. The van der Waals surface area contributed by atoms with Crippen LogP contribution < -0.4 is 4.90 Å². The van der Waals surface area contributed by atoms with Gasteiger partial charge in [0.15, 0.2) is 0 Å². The highest BCUT2D eigenvalue weighted by Crippen LogP contribution is 2.71. The van der Waals surface area contributed by atoms with Gasteiger partial charge in [0.2, 0.25) is 11.8 Å². The molecule has 3 amide bonds. The normalized spacial score (nSPS) is 27.9. The monoisotopic (exact) mass is 593 g/mol.